The number of benzene rings is 2. The Morgan fingerprint density at radius 3 is 2.62 bits per heavy atom. The first-order chi connectivity index (χ1) is 12.7. The van der Waals surface area contributed by atoms with Gasteiger partial charge in [-0.25, -0.2) is 4.98 Å². The van der Waals surface area contributed by atoms with Gasteiger partial charge in [0.15, 0.2) is 0 Å². The Morgan fingerprint density at radius 2 is 1.81 bits per heavy atom. The standard InChI is InChI=1S/C21H23N5/c1-15-6-8-18(9-7-15)23-20-12-19(24-21(22)25-20)14-26-11-10-16-4-2-3-5-17(16)13-26/h2-9,12H,10-11,13-14H2,1H3,(H3,22,23,24,25). The SMILES string of the molecule is Cc1ccc(Nc2cc(CN3CCc4ccccc4C3)nc(N)n2)cc1. The van der Waals surface area contributed by atoms with Gasteiger partial charge in [-0.05, 0) is 36.6 Å². The molecule has 0 radical (unpaired) electrons. The summed E-state index contributed by atoms with van der Waals surface area (Å²) in [5.74, 6) is 1.03. The van der Waals surface area contributed by atoms with Crippen LogP contribution in [0.15, 0.2) is 54.6 Å². The first-order valence-electron chi connectivity index (χ1n) is 8.92. The van der Waals surface area contributed by atoms with E-state index in [0.29, 0.717) is 5.95 Å². The molecule has 132 valence electrons. The van der Waals surface area contributed by atoms with E-state index >= 15 is 0 Å². The lowest BCUT2D eigenvalue weighted by Gasteiger charge is -2.28. The van der Waals surface area contributed by atoms with Crippen molar-refractivity contribution >= 4 is 17.5 Å². The highest BCUT2D eigenvalue weighted by Gasteiger charge is 2.16. The molecule has 0 saturated heterocycles. The molecule has 0 atom stereocenters. The Morgan fingerprint density at radius 1 is 1.04 bits per heavy atom. The molecule has 2 aromatic carbocycles. The van der Waals surface area contributed by atoms with Crippen molar-refractivity contribution in [2.24, 2.45) is 0 Å². The van der Waals surface area contributed by atoms with Crippen molar-refractivity contribution < 1.29 is 0 Å². The maximum absolute atomic E-state index is 5.94. The molecule has 1 aromatic heterocycles. The summed E-state index contributed by atoms with van der Waals surface area (Å²) in [4.78, 5) is 11.1. The number of hydrogen-bond acceptors (Lipinski definition) is 5. The van der Waals surface area contributed by atoms with Gasteiger partial charge < -0.3 is 11.1 Å². The average molecular weight is 345 g/mol. The van der Waals surface area contributed by atoms with Crippen LogP contribution in [0.5, 0.6) is 0 Å². The number of anilines is 3. The van der Waals surface area contributed by atoms with Gasteiger partial charge in [0.25, 0.3) is 0 Å². The quantitative estimate of drug-likeness (QED) is 0.755. The molecule has 4 rings (SSSR count). The number of hydrogen-bond donors (Lipinski definition) is 2. The van der Waals surface area contributed by atoms with E-state index < -0.39 is 0 Å². The molecule has 0 amide bonds. The highest BCUT2D eigenvalue weighted by molar-refractivity contribution is 5.57. The van der Waals surface area contributed by atoms with Crippen LogP contribution in [0.25, 0.3) is 0 Å². The zero-order valence-corrected chi connectivity index (χ0v) is 14.9. The maximum Gasteiger partial charge on any atom is 0.222 e. The van der Waals surface area contributed by atoms with Gasteiger partial charge in [0.2, 0.25) is 5.95 Å². The van der Waals surface area contributed by atoms with Crippen molar-refractivity contribution in [3.63, 3.8) is 0 Å². The molecule has 0 spiro atoms. The lowest BCUT2D eigenvalue weighted by Crippen LogP contribution is -2.30. The topological polar surface area (TPSA) is 67.1 Å². The second-order valence-corrected chi connectivity index (χ2v) is 6.82. The van der Waals surface area contributed by atoms with Crippen molar-refractivity contribution in [1.82, 2.24) is 14.9 Å². The fraction of sp³-hybridized carbons (Fsp3) is 0.238. The van der Waals surface area contributed by atoms with Gasteiger partial charge in [0, 0.05) is 31.4 Å². The molecular weight excluding hydrogens is 322 g/mol. The Kier molecular flexibility index (Phi) is 4.54. The molecule has 26 heavy (non-hydrogen) atoms. The van der Waals surface area contributed by atoms with E-state index in [1.807, 2.05) is 18.2 Å². The summed E-state index contributed by atoms with van der Waals surface area (Å²) in [6.45, 7) is 4.81. The molecule has 5 nitrogen and oxygen atoms in total. The number of nitrogens with zero attached hydrogens (tertiary/aromatic N) is 3. The zero-order chi connectivity index (χ0) is 17.9. The van der Waals surface area contributed by atoms with Gasteiger partial charge in [-0.2, -0.15) is 4.98 Å². The predicted octanol–water partition coefficient (Wildman–Crippen LogP) is 3.67. The van der Waals surface area contributed by atoms with Crippen LogP contribution >= 0.6 is 0 Å². The molecule has 3 N–H and O–H groups in total. The normalized spacial score (nSPS) is 14.0. The van der Waals surface area contributed by atoms with Crippen LogP contribution in [0.4, 0.5) is 17.5 Å². The van der Waals surface area contributed by atoms with Crippen LogP contribution < -0.4 is 11.1 Å². The van der Waals surface area contributed by atoms with E-state index in [1.54, 1.807) is 0 Å². The fourth-order valence-corrected chi connectivity index (χ4v) is 3.37. The Labute approximate surface area is 153 Å². The second-order valence-electron chi connectivity index (χ2n) is 6.82. The summed E-state index contributed by atoms with van der Waals surface area (Å²) in [7, 11) is 0. The van der Waals surface area contributed by atoms with Crippen molar-refractivity contribution in [2.75, 3.05) is 17.6 Å². The van der Waals surface area contributed by atoms with Crippen molar-refractivity contribution in [3.05, 3.63) is 77.0 Å². The third-order valence-corrected chi connectivity index (χ3v) is 4.72. The molecule has 2 heterocycles. The summed E-state index contributed by atoms with van der Waals surface area (Å²) in [5.41, 5.74) is 11.9. The van der Waals surface area contributed by atoms with Gasteiger partial charge in [-0.3, -0.25) is 4.90 Å². The summed E-state index contributed by atoms with van der Waals surface area (Å²) in [6, 6.07) is 18.8. The zero-order valence-electron chi connectivity index (χ0n) is 14.9. The fourth-order valence-electron chi connectivity index (χ4n) is 3.37. The summed E-state index contributed by atoms with van der Waals surface area (Å²) in [5, 5.41) is 3.32. The molecular formula is C21H23N5. The van der Waals surface area contributed by atoms with Crippen LogP contribution in [-0.4, -0.2) is 21.4 Å². The van der Waals surface area contributed by atoms with E-state index in [9.17, 15) is 0 Å². The number of rotatable bonds is 4. The van der Waals surface area contributed by atoms with Crippen molar-refractivity contribution in [3.8, 4) is 0 Å². The first-order valence-corrected chi connectivity index (χ1v) is 8.92. The van der Waals surface area contributed by atoms with Crippen LogP contribution in [-0.2, 0) is 19.5 Å². The average Bonchev–Trinajstić information content (AvgIpc) is 2.63. The Bertz CT molecular complexity index is 905. The molecule has 0 bridgehead atoms. The number of nitrogen functional groups attached to an aromatic ring is 1. The minimum atomic E-state index is 0.300. The number of nitrogens with one attached hydrogen (secondary N) is 1. The van der Waals surface area contributed by atoms with Gasteiger partial charge >= 0.3 is 0 Å². The molecule has 3 aromatic rings. The van der Waals surface area contributed by atoms with Crippen LogP contribution in [0.2, 0.25) is 0 Å². The summed E-state index contributed by atoms with van der Waals surface area (Å²) < 4.78 is 0. The lowest BCUT2D eigenvalue weighted by molar-refractivity contribution is 0.243. The summed E-state index contributed by atoms with van der Waals surface area (Å²) in [6.07, 6.45) is 1.07. The van der Waals surface area contributed by atoms with E-state index in [4.69, 9.17) is 5.73 Å². The van der Waals surface area contributed by atoms with Crippen LogP contribution in [0, 0.1) is 6.92 Å². The Balaban J connectivity index is 1.49. The van der Waals surface area contributed by atoms with E-state index in [-0.39, 0.29) is 0 Å². The van der Waals surface area contributed by atoms with Crippen molar-refractivity contribution in [1.29, 1.82) is 0 Å². The molecule has 0 unspecified atom stereocenters. The molecule has 0 saturated carbocycles. The van der Waals surface area contributed by atoms with Gasteiger partial charge in [-0.15, -0.1) is 0 Å². The van der Waals surface area contributed by atoms with Gasteiger partial charge in [0.05, 0.1) is 5.69 Å². The highest BCUT2D eigenvalue weighted by atomic mass is 15.2. The molecule has 0 aliphatic carbocycles. The first kappa shape index (κ1) is 16.5. The van der Waals surface area contributed by atoms with Crippen molar-refractivity contribution in [2.45, 2.75) is 26.4 Å². The highest BCUT2D eigenvalue weighted by Crippen LogP contribution is 2.21. The third kappa shape index (κ3) is 3.83. The minimum Gasteiger partial charge on any atom is -0.368 e. The van der Waals surface area contributed by atoms with E-state index in [0.717, 1.165) is 43.3 Å². The number of fused-ring (bicyclic) bond motifs is 1. The lowest BCUT2D eigenvalue weighted by atomic mass is 10.00. The Hall–Kier alpha value is -2.92. The molecule has 1 aliphatic heterocycles. The third-order valence-electron chi connectivity index (χ3n) is 4.72. The van der Waals surface area contributed by atoms with Crippen LogP contribution in [0.1, 0.15) is 22.4 Å². The molecule has 1 aliphatic rings. The number of nitrogens with two attached hydrogens (primary N) is 1. The second kappa shape index (κ2) is 7.14. The van der Waals surface area contributed by atoms with E-state index in [1.165, 1.54) is 16.7 Å². The van der Waals surface area contributed by atoms with Crippen LogP contribution in [0.3, 0.4) is 0 Å². The monoisotopic (exact) mass is 345 g/mol. The number of aromatic nitrogens is 2. The maximum atomic E-state index is 5.94. The molecule has 0 fully saturated rings. The number of aryl methyl sites for hydroxylation is 1. The smallest absolute Gasteiger partial charge is 0.222 e. The summed E-state index contributed by atoms with van der Waals surface area (Å²) >= 11 is 0. The largest absolute Gasteiger partial charge is 0.368 e. The predicted molar refractivity (Wildman–Crippen MR) is 105 cm³/mol. The van der Waals surface area contributed by atoms with Gasteiger partial charge in [0.1, 0.15) is 5.82 Å². The van der Waals surface area contributed by atoms with Gasteiger partial charge in [-0.1, -0.05) is 42.0 Å². The molecule has 5 heteroatoms. The van der Waals surface area contributed by atoms with E-state index in [2.05, 4.69) is 63.5 Å². The minimum absolute atomic E-state index is 0.300.